The summed E-state index contributed by atoms with van der Waals surface area (Å²) >= 11 is 6.31. The number of rotatable bonds is 7. The van der Waals surface area contributed by atoms with Crippen LogP contribution >= 0.6 is 28.6 Å². The van der Waals surface area contributed by atoms with Crippen molar-refractivity contribution in [2.24, 2.45) is 0 Å². The van der Waals surface area contributed by atoms with Gasteiger partial charge >= 0.3 is 0 Å². The molecule has 2 aliphatic heterocycles. The van der Waals surface area contributed by atoms with Crippen molar-refractivity contribution in [1.82, 2.24) is 9.80 Å². The molecule has 0 atom stereocenters. The topological polar surface area (TPSA) is 43.9 Å². The minimum atomic E-state index is -0.152. The average molecular weight is 493 g/mol. The molecular formula is C23H27BrClN3O2. The first kappa shape index (κ1) is 22.8. The molecule has 0 aliphatic carbocycles. The van der Waals surface area contributed by atoms with Crippen LogP contribution in [0.1, 0.15) is 40.0 Å². The Balaban J connectivity index is 0.00000256. The van der Waals surface area contributed by atoms with Crippen LogP contribution in [0.15, 0.2) is 48.5 Å². The number of hydrogen-bond acceptors (Lipinski definition) is 4. The minimum Gasteiger partial charge on any atom is -0.368 e. The molecule has 0 unspecified atom stereocenters. The summed E-state index contributed by atoms with van der Waals surface area (Å²) in [6, 6.07) is 15.1. The Labute approximate surface area is 193 Å². The number of benzene rings is 2. The molecule has 0 spiro atoms. The Morgan fingerprint density at radius 1 is 0.733 bits per heavy atom. The highest BCUT2D eigenvalue weighted by atomic mass is 79.9. The summed E-state index contributed by atoms with van der Waals surface area (Å²) in [7, 11) is 0. The zero-order valence-corrected chi connectivity index (χ0v) is 19.4. The Kier molecular flexibility index (Phi) is 7.92. The van der Waals surface area contributed by atoms with Crippen LogP contribution in [0, 0.1) is 0 Å². The first-order valence-corrected chi connectivity index (χ1v) is 10.7. The molecule has 4 rings (SSSR count). The summed E-state index contributed by atoms with van der Waals surface area (Å²) < 4.78 is 0. The zero-order chi connectivity index (χ0) is 20.2. The summed E-state index contributed by atoms with van der Waals surface area (Å²) in [6.45, 7) is 5.59. The second-order valence-corrected chi connectivity index (χ2v) is 8.06. The molecule has 0 N–H and O–H groups in total. The predicted octanol–water partition coefficient (Wildman–Crippen LogP) is 4.51. The fourth-order valence-electron chi connectivity index (χ4n) is 4.14. The van der Waals surface area contributed by atoms with Crippen molar-refractivity contribution >= 4 is 46.1 Å². The van der Waals surface area contributed by atoms with Gasteiger partial charge in [0.1, 0.15) is 0 Å². The van der Waals surface area contributed by atoms with Crippen LogP contribution in [-0.2, 0) is 0 Å². The number of anilines is 1. The molecule has 160 valence electrons. The van der Waals surface area contributed by atoms with Crippen LogP contribution in [0.5, 0.6) is 0 Å². The quantitative estimate of drug-likeness (QED) is 0.421. The number of unbranched alkanes of at least 4 members (excludes halogenated alkanes) is 2. The molecule has 1 saturated heterocycles. The first-order valence-electron chi connectivity index (χ1n) is 10.3. The number of nitrogens with zero attached hydrogens (tertiary/aromatic N) is 3. The van der Waals surface area contributed by atoms with E-state index in [0.29, 0.717) is 17.7 Å². The van der Waals surface area contributed by atoms with Gasteiger partial charge in [-0.3, -0.25) is 19.4 Å². The highest BCUT2D eigenvalue weighted by Gasteiger charge is 2.34. The van der Waals surface area contributed by atoms with Crippen molar-refractivity contribution in [1.29, 1.82) is 0 Å². The molecule has 2 amide bonds. The van der Waals surface area contributed by atoms with Gasteiger partial charge in [0.2, 0.25) is 0 Å². The van der Waals surface area contributed by atoms with Crippen LogP contribution in [0.3, 0.4) is 0 Å². The fourth-order valence-corrected chi connectivity index (χ4v) is 4.40. The number of carbonyl (C=O) groups excluding carboxylic acids is 2. The monoisotopic (exact) mass is 491 g/mol. The Morgan fingerprint density at radius 3 is 1.93 bits per heavy atom. The van der Waals surface area contributed by atoms with E-state index >= 15 is 0 Å². The third-order valence-corrected chi connectivity index (χ3v) is 6.12. The molecule has 0 saturated carbocycles. The number of fused-ring (bicyclic) bond motifs is 1. The van der Waals surface area contributed by atoms with E-state index in [2.05, 4.69) is 15.9 Å². The third kappa shape index (κ3) is 4.88. The van der Waals surface area contributed by atoms with Crippen LogP contribution < -0.4 is 4.90 Å². The first-order chi connectivity index (χ1) is 14.1. The van der Waals surface area contributed by atoms with E-state index in [1.54, 1.807) is 24.3 Å². The summed E-state index contributed by atoms with van der Waals surface area (Å²) in [6.07, 6.45) is 2.94. The van der Waals surface area contributed by atoms with Gasteiger partial charge in [0.15, 0.2) is 0 Å². The van der Waals surface area contributed by atoms with E-state index in [4.69, 9.17) is 11.6 Å². The lowest BCUT2D eigenvalue weighted by molar-refractivity contribution is 0.0651. The van der Waals surface area contributed by atoms with Crippen molar-refractivity contribution in [3.8, 4) is 0 Å². The van der Waals surface area contributed by atoms with Crippen molar-refractivity contribution in [2.45, 2.75) is 19.3 Å². The highest BCUT2D eigenvalue weighted by Crippen LogP contribution is 2.26. The molecule has 0 radical (unpaired) electrons. The molecule has 7 heteroatoms. The summed E-state index contributed by atoms with van der Waals surface area (Å²) in [4.78, 5) is 31.0. The molecule has 0 bridgehead atoms. The number of piperazine rings is 1. The van der Waals surface area contributed by atoms with E-state index in [-0.39, 0.29) is 28.8 Å². The number of amides is 2. The molecular weight excluding hydrogens is 466 g/mol. The number of carbonyl (C=O) groups is 2. The number of halogens is 2. The van der Waals surface area contributed by atoms with Gasteiger partial charge in [-0.1, -0.05) is 42.3 Å². The normalized spacial score (nSPS) is 16.6. The van der Waals surface area contributed by atoms with Crippen molar-refractivity contribution in [2.75, 3.05) is 44.2 Å². The lowest BCUT2D eigenvalue weighted by atomic mass is 10.1. The summed E-state index contributed by atoms with van der Waals surface area (Å²) in [5.41, 5.74) is 2.19. The van der Waals surface area contributed by atoms with E-state index < -0.39 is 0 Å². The van der Waals surface area contributed by atoms with Gasteiger partial charge in [-0.2, -0.15) is 0 Å². The maximum absolute atomic E-state index is 12.4. The SMILES string of the molecule is Br.O=C1c2ccccc2C(=O)N1CCCCCN1CCN(c2ccccc2Cl)CC1. The largest absolute Gasteiger partial charge is 0.368 e. The van der Waals surface area contributed by atoms with E-state index in [1.165, 1.54) is 4.90 Å². The van der Waals surface area contributed by atoms with Crippen molar-refractivity contribution < 1.29 is 9.59 Å². The summed E-state index contributed by atoms with van der Waals surface area (Å²) in [5.74, 6) is -0.303. The highest BCUT2D eigenvalue weighted by molar-refractivity contribution is 8.93. The molecule has 2 aliphatic rings. The standard InChI is InChI=1S/C23H26ClN3O2.BrH/c24-20-10-4-5-11-21(20)26-16-14-25(15-17-26)12-6-1-7-13-27-22(28)18-8-2-3-9-19(18)23(27)29;/h2-5,8-11H,1,6-7,12-17H2;1H. The zero-order valence-electron chi connectivity index (χ0n) is 16.9. The molecule has 5 nitrogen and oxygen atoms in total. The Bertz CT molecular complexity index is 865. The van der Waals surface area contributed by atoms with Gasteiger partial charge < -0.3 is 4.90 Å². The van der Waals surface area contributed by atoms with Crippen LogP contribution in [-0.4, -0.2) is 60.9 Å². The van der Waals surface area contributed by atoms with E-state index in [0.717, 1.165) is 62.7 Å². The average Bonchev–Trinajstić information content (AvgIpc) is 2.99. The number of imide groups is 1. The van der Waals surface area contributed by atoms with E-state index in [9.17, 15) is 9.59 Å². The van der Waals surface area contributed by atoms with Gasteiger partial charge in [0.25, 0.3) is 11.8 Å². The molecule has 1 fully saturated rings. The van der Waals surface area contributed by atoms with E-state index in [1.807, 2.05) is 18.2 Å². The fraction of sp³-hybridized carbons (Fsp3) is 0.391. The maximum Gasteiger partial charge on any atom is 0.261 e. The molecule has 2 heterocycles. The molecule has 0 aromatic heterocycles. The molecule has 2 aromatic rings. The van der Waals surface area contributed by atoms with Crippen molar-refractivity contribution in [3.05, 3.63) is 64.7 Å². The lowest BCUT2D eigenvalue weighted by Gasteiger charge is -2.36. The van der Waals surface area contributed by atoms with Gasteiger partial charge in [0, 0.05) is 32.7 Å². The molecule has 30 heavy (non-hydrogen) atoms. The van der Waals surface area contributed by atoms with Gasteiger partial charge in [-0.25, -0.2) is 0 Å². The summed E-state index contributed by atoms with van der Waals surface area (Å²) in [5, 5.41) is 0.814. The number of para-hydroxylation sites is 1. The Morgan fingerprint density at radius 2 is 1.30 bits per heavy atom. The maximum atomic E-state index is 12.4. The number of hydrogen-bond donors (Lipinski definition) is 0. The predicted molar refractivity (Wildman–Crippen MR) is 126 cm³/mol. The van der Waals surface area contributed by atoms with Gasteiger partial charge in [-0.15, -0.1) is 17.0 Å². The lowest BCUT2D eigenvalue weighted by Crippen LogP contribution is -2.46. The molecule has 2 aromatic carbocycles. The Hall–Kier alpha value is -1.89. The minimum absolute atomic E-state index is 0. The second-order valence-electron chi connectivity index (χ2n) is 7.65. The van der Waals surface area contributed by atoms with Crippen molar-refractivity contribution in [3.63, 3.8) is 0 Å². The van der Waals surface area contributed by atoms with Gasteiger partial charge in [-0.05, 0) is 43.7 Å². The van der Waals surface area contributed by atoms with Crippen LogP contribution in [0.25, 0.3) is 0 Å². The smallest absolute Gasteiger partial charge is 0.261 e. The third-order valence-electron chi connectivity index (χ3n) is 5.80. The van der Waals surface area contributed by atoms with Crippen LogP contribution in [0.4, 0.5) is 5.69 Å². The van der Waals surface area contributed by atoms with Crippen LogP contribution in [0.2, 0.25) is 5.02 Å². The van der Waals surface area contributed by atoms with Gasteiger partial charge in [0.05, 0.1) is 21.8 Å². The second kappa shape index (κ2) is 10.4.